The number of methoxy groups -OCH3 is 5. The summed E-state index contributed by atoms with van der Waals surface area (Å²) >= 11 is 8.97. The van der Waals surface area contributed by atoms with Crippen LogP contribution in [0.15, 0.2) is 24.4 Å². The predicted octanol–water partition coefficient (Wildman–Crippen LogP) is 7.35. The number of hydrogen-bond donors (Lipinski definition) is 3. The fraction of sp³-hybridized carbons (Fsp3) is 0.580. The van der Waals surface area contributed by atoms with Crippen molar-refractivity contribution in [2.45, 2.75) is 133 Å². The molecule has 0 aliphatic rings. The normalized spacial score (nSPS) is 11.1. The Morgan fingerprint density at radius 2 is 1.10 bits per heavy atom. The number of esters is 5. The third-order valence-electron chi connectivity index (χ3n) is 9.36. The first-order valence-electron chi connectivity index (χ1n) is 21.9. The van der Waals surface area contributed by atoms with Crippen molar-refractivity contribution in [3.05, 3.63) is 73.4 Å². The predicted molar refractivity (Wildman–Crippen MR) is 276 cm³/mol. The molecule has 23 heteroatoms. The number of halogens is 2. The van der Waals surface area contributed by atoms with E-state index in [-0.39, 0.29) is 94.4 Å². The van der Waals surface area contributed by atoms with Gasteiger partial charge in [-0.1, -0.05) is 131 Å². The minimum Gasteiger partial charge on any atom is -1.00 e. The van der Waals surface area contributed by atoms with E-state index in [1.54, 1.807) is 45.2 Å². The maximum Gasteiger partial charge on any atom is 1.00 e. The second-order valence-electron chi connectivity index (χ2n) is 20.4. The van der Waals surface area contributed by atoms with Crippen molar-refractivity contribution in [2.75, 3.05) is 40.9 Å². The molecule has 3 rings (SSSR count). The van der Waals surface area contributed by atoms with Gasteiger partial charge in [-0.25, -0.2) is 19.4 Å². The summed E-state index contributed by atoms with van der Waals surface area (Å²) < 4.78 is 22.2. The molecule has 3 aromatic rings. The summed E-state index contributed by atoms with van der Waals surface area (Å²) in [6.07, 6.45) is 1.44. The van der Waals surface area contributed by atoms with Gasteiger partial charge in [0.15, 0.2) is 11.5 Å². The second-order valence-corrected chi connectivity index (χ2v) is 21.4. The number of rotatable bonds is 9. The van der Waals surface area contributed by atoms with Gasteiger partial charge in [-0.05, 0) is 17.1 Å². The molecule has 0 fully saturated rings. The summed E-state index contributed by atoms with van der Waals surface area (Å²) in [7, 11) is 6.36. The molecule has 1 unspecified atom stereocenters. The van der Waals surface area contributed by atoms with Gasteiger partial charge >= 0.3 is 65.2 Å². The quantitative estimate of drug-likeness (QED) is 0.0471. The van der Waals surface area contributed by atoms with Gasteiger partial charge in [-0.2, -0.15) is 10.5 Å². The Morgan fingerprint density at radius 1 is 0.671 bits per heavy atom. The van der Waals surface area contributed by atoms with Gasteiger partial charge in [-0.3, -0.25) is 19.2 Å². The molecule has 0 saturated carbocycles. The van der Waals surface area contributed by atoms with Crippen LogP contribution in [0.1, 0.15) is 166 Å². The van der Waals surface area contributed by atoms with Crippen LogP contribution in [0, 0.1) is 49.5 Å². The number of carbonyl (C=O) groups is 7. The number of nitriles is 2. The maximum atomic E-state index is 11.5. The minimum absolute atomic E-state index is 0. The number of aromatic amines is 3. The van der Waals surface area contributed by atoms with Crippen molar-refractivity contribution in [3.63, 3.8) is 0 Å². The van der Waals surface area contributed by atoms with E-state index < -0.39 is 40.1 Å². The average molecular weight is 1120 g/mol. The van der Waals surface area contributed by atoms with Gasteiger partial charge in [-0.15, -0.1) is 0 Å². The molecule has 73 heavy (non-hydrogen) atoms. The number of nitrogens with zero attached hydrogens (tertiary/aromatic N) is 3. The van der Waals surface area contributed by atoms with Crippen LogP contribution in [-0.2, 0) is 59.1 Å². The molecule has 3 aromatic heterocycles. The molecular formula is C50H75BrClN6NaO14. The van der Waals surface area contributed by atoms with Gasteiger partial charge in [0.2, 0.25) is 0 Å². The Balaban J connectivity index is -0.000000261. The molecule has 3 heterocycles. The van der Waals surface area contributed by atoms with Crippen molar-refractivity contribution in [1.29, 1.82) is 10.5 Å². The number of ether oxygens (including phenoxy) is 5. The molecule has 0 aliphatic carbocycles. The standard InChI is InChI=1S/C10H14ClNO2.C10H14N2O4.C10H15NO3.C10H15NO2.C6H11BrO.C4H5NO2.Na.H/c1-10(2,3)7-5-6(8(11)12-7)9(13)14-4;1-10(2,3)7-5-6(9(13)16-4)8(11-7)12(14)15;1-10(2,3)8(12)5-7(6-11)9(13)14-4;1-10(2,3)8-5-7(6-11-8)9(12)13-4;1-6(2,3)5(8)4-7;1-7-4(6)2-3-5;;/h5,12H,1-4H3;5,11H,1-4H3;7H,5H2,1-4H3;5-6,11H,1-4H3;4H2,1-3H3;2H2,1H3;;/q;;;;;;+1;-1. The summed E-state index contributed by atoms with van der Waals surface area (Å²) in [5, 5.41) is 28.0. The van der Waals surface area contributed by atoms with E-state index >= 15 is 0 Å². The first-order chi connectivity index (χ1) is 32.7. The molecule has 0 bridgehead atoms. The largest absolute Gasteiger partial charge is 1.00 e. The summed E-state index contributed by atoms with van der Waals surface area (Å²) in [6.45, 7) is 29.0. The van der Waals surface area contributed by atoms with Crippen LogP contribution in [-0.4, -0.2) is 102 Å². The van der Waals surface area contributed by atoms with Gasteiger partial charge in [0, 0.05) is 57.1 Å². The molecule has 0 spiro atoms. The van der Waals surface area contributed by atoms with E-state index in [9.17, 15) is 43.7 Å². The Morgan fingerprint density at radius 3 is 1.38 bits per heavy atom. The van der Waals surface area contributed by atoms with Crippen LogP contribution < -0.4 is 29.6 Å². The molecular weight excluding hydrogens is 1050 g/mol. The van der Waals surface area contributed by atoms with Crippen LogP contribution in [0.2, 0.25) is 5.15 Å². The number of Topliss-reactive ketones (excluding diaryl/α,β-unsaturated/α-hetero) is 2. The summed E-state index contributed by atoms with van der Waals surface area (Å²) in [5.74, 6) is -3.73. The number of carbonyl (C=O) groups excluding carboxylic acids is 7. The minimum atomic E-state index is -0.980. The zero-order valence-electron chi connectivity index (χ0n) is 47.3. The van der Waals surface area contributed by atoms with E-state index in [2.05, 4.69) is 75.3 Å². The van der Waals surface area contributed by atoms with Crippen molar-refractivity contribution in [1.82, 2.24) is 15.0 Å². The van der Waals surface area contributed by atoms with E-state index in [4.69, 9.17) is 22.1 Å². The van der Waals surface area contributed by atoms with Crippen molar-refractivity contribution >= 4 is 74.8 Å². The monoisotopic (exact) mass is 1120 g/mol. The van der Waals surface area contributed by atoms with E-state index in [1.807, 2.05) is 68.4 Å². The maximum absolute atomic E-state index is 11.5. The summed E-state index contributed by atoms with van der Waals surface area (Å²) in [5.41, 5.74) is 2.48. The van der Waals surface area contributed by atoms with E-state index in [0.29, 0.717) is 27.3 Å². The molecule has 0 radical (unpaired) electrons. The number of nitro groups is 1. The number of ketones is 2. The molecule has 0 aromatic carbocycles. The SMILES string of the molecule is CC(C)(C)C(=O)CBr.COC(=O)C(C#N)CC(=O)C(C)(C)C.COC(=O)CC#N.COC(=O)c1c[nH]c(C(C)(C)C)c1.COC(=O)c1cc(C(C)(C)C)[nH]c1Cl.COC(=O)c1cc(C(C)(C)C)[nH]c1[N+](=O)[O-].[H-].[Na+]. The second kappa shape index (κ2) is 33.5. The molecule has 20 nitrogen and oxygen atoms in total. The Labute approximate surface area is 466 Å². The van der Waals surface area contributed by atoms with Crippen LogP contribution in [0.5, 0.6) is 0 Å². The van der Waals surface area contributed by atoms with E-state index in [0.717, 1.165) is 11.4 Å². The van der Waals surface area contributed by atoms with Gasteiger partial charge in [0.1, 0.15) is 28.8 Å². The zero-order chi connectivity index (χ0) is 57.3. The molecule has 0 amide bonds. The number of nitrogens with one attached hydrogen (secondary N) is 3. The number of H-pyrrole nitrogens is 3. The first-order valence-corrected chi connectivity index (χ1v) is 23.4. The summed E-state index contributed by atoms with van der Waals surface area (Å²) in [6, 6.07) is 8.42. The Kier molecular flexibility index (Phi) is 34.0. The van der Waals surface area contributed by atoms with Gasteiger partial charge < -0.3 is 45.2 Å². The average Bonchev–Trinajstić information content (AvgIpc) is 4.07. The van der Waals surface area contributed by atoms with Crippen molar-refractivity contribution < 1.29 is 93.2 Å². The molecule has 3 N–H and O–H groups in total. The van der Waals surface area contributed by atoms with Crippen LogP contribution in [0.4, 0.5) is 5.82 Å². The van der Waals surface area contributed by atoms with Gasteiger partial charge in [0.05, 0.1) is 64.1 Å². The van der Waals surface area contributed by atoms with E-state index in [1.165, 1.54) is 41.6 Å². The topological polar surface area (TPSA) is 304 Å². The summed E-state index contributed by atoms with van der Waals surface area (Å²) in [4.78, 5) is 95.7. The van der Waals surface area contributed by atoms with Crippen LogP contribution >= 0.6 is 27.5 Å². The number of hydrogen-bond acceptors (Lipinski definition) is 16. The third kappa shape index (κ3) is 28.6. The third-order valence-corrected chi connectivity index (χ3v) is 10.2. The molecule has 1 atom stereocenters. The molecule has 0 saturated heterocycles. The van der Waals surface area contributed by atoms with Crippen LogP contribution in [0.25, 0.3) is 0 Å². The fourth-order valence-electron chi connectivity index (χ4n) is 4.56. The molecule has 0 aliphatic heterocycles. The molecule has 404 valence electrons. The number of aromatic nitrogens is 3. The smallest absolute Gasteiger partial charge is 1.00 e. The van der Waals surface area contributed by atoms with Crippen molar-refractivity contribution in [2.24, 2.45) is 16.7 Å². The Bertz CT molecular complexity index is 2380. The zero-order valence-corrected chi connectivity index (χ0v) is 50.7. The first kappa shape index (κ1) is 74.2. The fourth-order valence-corrected chi connectivity index (χ4v) is 5.64. The van der Waals surface area contributed by atoms with Crippen LogP contribution in [0.3, 0.4) is 0 Å². The Hall–Kier alpha value is -5.32. The number of alkyl halides is 1. The van der Waals surface area contributed by atoms with Crippen molar-refractivity contribution in [3.8, 4) is 12.1 Å². The van der Waals surface area contributed by atoms with Gasteiger partial charge in [0.25, 0.3) is 0 Å².